The average Bonchev–Trinajstić information content (AvgIpc) is 2.32. The van der Waals surface area contributed by atoms with E-state index in [0.717, 1.165) is 12.8 Å². The van der Waals surface area contributed by atoms with Crippen molar-refractivity contribution in [1.29, 1.82) is 0 Å². The van der Waals surface area contributed by atoms with Crippen LogP contribution < -0.4 is 4.74 Å². The molecule has 0 saturated carbocycles. The van der Waals surface area contributed by atoms with Crippen molar-refractivity contribution in [3.63, 3.8) is 0 Å². The van der Waals surface area contributed by atoms with E-state index in [4.69, 9.17) is 4.74 Å². The largest absolute Gasteiger partial charge is 0.494 e. The quantitative estimate of drug-likeness (QED) is 0.827. The summed E-state index contributed by atoms with van der Waals surface area (Å²) in [4.78, 5) is 0. The van der Waals surface area contributed by atoms with Gasteiger partial charge in [0.05, 0.1) is 7.11 Å². The third-order valence-corrected chi connectivity index (χ3v) is 3.12. The first-order valence-electron chi connectivity index (χ1n) is 5.98. The van der Waals surface area contributed by atoms with Crippen molar-refractivity contribution in [2.75, 3.05) is 13.7 Å². The van der Waals surface area contributed by atoms with E-state index in [-0.39, 0.29) is 23.6 Å². The zero-order valence-corrected chi connectivity index (χ0v) is 10.8. The van der Waals surface area contributed by atoms with Crippen LogP contribution in [0.4, 0.5) is 4.39 Å². The van der Waals surface area contributed by atoms with Gasteiger partial charge in [0.1, 0.15) is 0 Å². The number of hydrogen-bond acceptors (Lipinski definition) is 2. The first kappa shape index (κ1) is 14.0. The van der Waals surface area contributed by atoms with Gasteiger partial charge in [-0.05, 0) is 29.9 Å². The van der Waals surface area contributed by atoms with Gasteiger partial charge in [0, 0.05) is 6.61 Å². The van der Waals surface area contributed by atoms with E-state index >= 15 is 0 Å². The molecule has 0 spiro atoms. The van der Waals surface area contributed by atoms with Crippen LogP contribution in [0.25, 0.3) is 0 Å². The molecular weight excluding hydrogens is 219 g/mol. The number of benzene rings is 1. The lowest BCUT2D eigenvalue weighted by atomic mass is 9.80. The minimum absolute atomic E-state index is 0.0670. The summed E-state index contributed by atoms with van der Waals surface area (Å²) in [6, 6.07) is 5.14. The van der Waals surface area contributed by atoms with Gasteiger partial charge in [-0.1, -0.05) is 32.4 Å². The molecule has 0 fully saturated rings. The third-order valence-electron chi connectivity index (χ3n) is 3.12. The van der Waals surface area contributed by atoms with Crippen molar-refractivity contribution in [2.24, 2.45) is 5.41 Å². The lowest BCUT2D eigenvalue weighted by Gasteiger charge is -2.27. The molecule has 0 saturated heterocycles. The Morgan fingerprint density at radius 2 is 2.12 bits per heavy atom. The predicted octanol–water partition coefficient (Wildman–Crippen LogP) is 3.18. The van der Waals surface area contributed by atoms with Gasteiger partial charge in [-0.3, -0.25) is 0 Å². The Hall–Kier alpha value is -1.09. The Labute approximate surface area is 102 Å². The molecule has 0 amide bonds. The third kappa shape index (κ3) is 3.43. The maximum absolute atomic E-state index is 14.0. The molecule has 0 aliphatic carbocycles. The second-order valence-electron chi connectivity index (χ2n) is 4.83. The maximum atomic E-state index is 14.0. The average molecular weight is 240 g/mol. The number of rotatable bonds is 6. The number of aliphatic hydroxyl groups is 1. The highest BCUT2D eigenvalue weighted by molar-refractivity contribution is 5.31. The molecule has 1 rings (SSSR count). The molecule has 0 heterocycles. The lowest BCUT2D eigenvalue weighted by Crippen LogP contribution is -2.24. The molecule has 3 heteroatoms. The van der Waals surface area contributed by atoms with Crippen molar-refractivity contribution in [3.8, 4) is 5.75 Å². The predicted molar refractivity (Wildman–Crippen MR) is 66.8 cm³/mol. The molecule has 0 aliphatic rings. The molecule has 2 nitrogen and oxygen atoms in total. The van der Waals surface area contributed by atoms with Crippen LogP contribution in [0.3, 0.4) is 0 Å². The van der Waals surface area contributed by atoms with E-state index in [2.05, 4.69) is 6.92 Å². The van der Waals surface area contributed by atoms with Crippen LogP contribution in [0.15, 0.2) is 18.2 Å². The number of hydrogen-bond donors (Lipinski definition) is 1. The number of aliphatic hydroxyl groups excluding tert-OH is 1. The molecule has 1 N–H and O–H groups in total. The second-order valence-corrected chi connectivity index (χ2v) is 4.83. The first-order chi connectivity index (χ1) is 8.06. The van der Waals surface area contributed by atoms with Gasteiger partial charge < -0.3 is 9.84 Å². The molecular formula is C14H21FO2. The van der Waals surface area contributed by atoms with E-state index in [1.807, 2.05) is 6.92 Å². The van der Waals surface area contributed by atoms with Crippen LogP contribution in [-0.2, 0) is 6.42 Å². The van der Waals surface area contributed by atoms with Gasteiger partial charge >= 0.3 is 0 Å². The maximum Gasteiger partial charge on any atom is 0.168 e. The molecule has 17 heavy (non-hydrogen) atoms. The van der Waals surface area contributed by atoms with E-state index in [9.17, 15) is 9.50 Å². The van der Waals surface area contributed by atoms with Gasteiger partial charge in [0.15, 0.2) is 11.6 Å². The van der Waals surface area contributed by atoms with Crippen molar-refractivity contribution in [2.45, 2.75) is 33.1 Å². The summed E-state index contributed by atoms with van der Waals surface area (Å²) in [6.45, 7) is 4.11. The number of halogens is 1. The van der Waals surface area contributed by atoms with Crippen molar-refractivity contribution >= 4 is 0 Å². The molecule has 0 aromatic heterocycles. The summed E-state index contributed by atoms with van der Waals surface area (Å²) >= 11 is 0. The molecule has 96 valence electrons. The van der Waals surface area contributed by atoms with Gasteiger partial charge in [-0.25, -0.2) is 4.39 Å². The van der Waals surface area contributed by atoms with E-state index in [1.54, 1.807) is 18.2 Å². The topological polar surface area (TPSA) is 29.5 Å². The molecule has 0 bridgehead atoms. The molecule has 0 aliphatic heterocycles. The Bertz CT molecular complexity index is 365. The standard InChI is InChI=1S/C14H21FO2/c1-4-8-14(2,10-16)9-11-6-5-7-12(17-3)13(11)15/h5-7,16H,4,8-10H2,1-3H3. The van der Waals surface area contributed by atoms with Crippen LogP contribution in [0.1, 0.15) is 32.3 Å². The van der Waals surface area contributed by atoms with Crippen LogP contribution in [0.5, 0.6) is 5.75 Å². The van der Waals surface area contributed by atoms with E-state index in [0.29, 0.717) is 12.0 Å². The molecule has 1 aromatic carbocycles. The fourth-order valence-electron chi connectivity index (χ4n) is 2.14. The Morgan fingerprint density at radius 1 is 1.41 bits per heavy atom. The normalized spacial score (nSPS) is 14.4. The number of ether oxygens (including phenoxy) is 1. The Kier molecular flexibility index (Phi) is 4.94. The monoisotopic (exact) mass is 240 g/mol. The fourth-order valence-corrected chi connectivity index (χ4v) is 2.14. The molecule has 1 aromatic rings. The summed E-state index contributed by atoms with van der Waals surface area (Å²) in [5.74, 6) is -0.0509. The smallest absolute Gasteiger partial charge is 0.168 e. The highest BCUT2D eigenvalue weighted by atomic mass is 19.1. The fraction of sp³-hybridized carbons (Fsp3) is 0.571. The van der Waals surface area contributed by atoms with Gasteiger partial charge in [-0.2, -0.15) is 0 Å². The zero-order chi connectivity index (χ0) is 12.9. The van der Waals surface area contributed by atoms with Gasteiger partial charge in [-0.15, -0.1) is 0 Å². The van der Waals surface area contributed by atoms with Gasteiger partial charge in [0.2, 0.25) is 0 Å². The molecule has 1 atom stereocenters. The minimum Gasteiger partial charge on any atom is -0.494 e. The van der Waals surface area contributed by atoms with Crippen LogP contribution >= 0.6 is 0 Å². The summed E-state index contributed by atoms with van der Waals surface area (Å²) < 4.78 is 18.9. The Morgan fingerprint density at radius 3 is 2.65 bits per heavy atom. The summed E-state index contributed by atoms with van der Waals surface area (Å²) in [5, 5.41) is 9.44. The molecule has 1 unspecified atom stereocenters. The van der Waals surface area contributed by atoms with Crippen molar-refractivity contribution in [1.82, 2.24) is 0 Å². The van der Waals surface area contributed by atoms with Crippen LogP contribution in [0, 0.1) is 11.2 Å². The van der Waals surface area contributed by atoms with Crippen molar-refractivity contribution in [3.05, 3.63) is 29.6 Å². The SMILES string of the molecule is CCCC(C)(CO)Cc1cccc(OC)c1F. The first-order valence-corrected chi connectivity index (χ1v) is 5.98. The van der Waals surface area contributed by atoms with Crippen molar-refractivity contribution < 1.29 is 14.2 Å². The summed E-state index contributed by atoms with van der Waals surface area (Å²) in [5.41, 5.74) is 0.344. The summed E-state index contributed by atoms with van der Waals surface area (Å²) in [7, 11) is 1.46. The highest BCUT2D eigenvalue weighted by Crippen LogP contribution is 2.30. The highest BCUT2D eigenvalue weighted by Gasteiger charge is 2.25. The van der Waals surface area contributed by atoms with E-state index in [1.165, 1.54) is 7.11 Å². The van der Waals surface area contributed by atoms with Gasteiger partial charge in [0.25, 0.3) is 0 Å². The van der Waals surface area contributed by atoms with Crippen LogP contribution in [0.2, 0.25) is 0 Å². The minimum atomic E-state index is -0.314. The van der Waals surface area contributed by atoms with E-state index < -0.39 is 0 Å². The molecule has 0 radical (unpaired) electrons. The van der Waals surface area contributed by atoms with Crippen LogP contribution in [-0.4, -0.2) is 18.8 Å². The zero-order valence-electron chi connectivity index (χ0n) is 10.8. The number of methoxy groups -OCH3 is 1. The second kappa shape index (κ2) is 6.01. The summed E-state index contributed by atoms with van der Waals surface area (Å²) in [6.07, 6.45) is 2.38. The Balaban J connectivity index is 2.93. The lowest BCUT2D eigenvalue weighted by molar-refractivity contribution is 0.130.